The minimum atomic E-state index is -1.00. The average molecular weight is 185 g/mol. The minimum absolute atomic E-state index is 0.353. The summed E-state index contributed by atoms with van der Waals surface area (Å²) >= 11 is 0. The lowest BCUT2D eigenvalue weighted by molar-refractivity contribution is -0.141. The van der Waals surface area contributed by atoms with Gasteiger partial charge in [0.05, 0.1) is 0 Å². The zero-order chi connectivity index (χ0) is 10.4. The van der Waals surface area contributed by atoms with Crippen LogP contribution in [0.5, 0.6) is 0 Å². The van der Waals surface area contributed by atoms with E-state index in [-0.39, 0.29) is 5.91 Å². The Morgan fingerprint density at radius 3 is 2.31 bits per heavy atom. The molecule has 0 saturated heterocycles. The van der Waals surface area contributed by atoms with Gasteiger partial charge in [0, 0.05) is 6.08 Å². The summed E-state index contributed by atoms with van der Waals surface area (Å²) in [4.78, 5) is 21.6. The third-order valence-electron chi connectivity index (χ3n) is 1.44. The van der Waals surface area contributed by atoms with Crippen LogP contribution in [0.4, 0.5) is 0 Å². The van der Waals surface area contributed by atoms with Crippen molar-refractivity contribution in [1.29, 1.82) is 0 Å². The van der Waals surface area contributed by atoms with E-state index in [0.717, 1.165) is 5.57 Å². The molecule has 4 nitrogen and oxygen atoms in total. The van der Waals surface area contributed by atoms with Crippen LogP contribution >= 0.6 is 0 Å². The van der Waals surface area contributed by atoms with Crippen LogP contribution in [-0.2, 0) is 9.59 Å². The summed E-state index contributed by atoms with van der Waals surface area (Å²) < 4.78 is 0. The van der Waals surface area contributed by atoms with Gasteiger partial charge in [0.15, 0.2) is 0 Å². The van der Waals surface area contributed by atoms with Crippen molar-refractivity contribution in [2.45, 2.75) is 33.2 Å². The quantitative estimate of drug-likeness (QED) is 0.640. The number of carbonyl (C=O) groups is 2. The molecule has 2 N–H and O–H groups in total. The summed E-state index contributed by atoms with van der Waals surface area (Å²) in [6.07, 6.45) is 1.77. The largest absolute Gasteiger partial charge is 0.480 e. The van der Waals surface area contributed by atoms with Crippen molar-refractivity contribution in [2.75, 3.05) is 0 Å². The smallest absolute Gasteiger partial charge is 0.326 e. The number of nitrogens with one attached hydrogen (secondary N) is 1. The van der Waals surface area contributed by atoms with Gasteiger partial charge in [-0.15, -0.1) is 0 Å². The molecule has 1 atom stereocenters. The number of allylic oxidation sites excluding steroid dienone is 1. The number of carbonyl (C=O) groups excluding carboxylic acids is 1. The van der Waals surface area contributed by atoms with Crippen molar-refractivity contribution >= 4 is 11.9 Å². The van der Waals surface area contributed by atoms with Crippen molar-refractivity contribution in [2.24, 2.45) is 0 Å². The van der Waals surface area contributed by atoms with Gasteiger partial charge >= 0.3 is 5.97 Å². The van der Waals surface area contributed by atoms with Crippen molar-refractivity contribution in [1.82, 2.24) is 5.32 Å². The first kappa shape index (κ1) is 11.7. The number of rotatable bonds is 4. The molecule has 0 aliphatic rings. The third-order valence-corrected chi connectivity index (χ3v) is 1.44. The molecule has 1 amide bonds. The molecule has 0 saturated carbocycles. The van der Waals surface area contributed by atoms with Crippen molar-refractivity contribution < 1.29 is 14.7 Å². The normalized spacial score (nSPS) is 11.6. The van der Waals surface area contributed by atoms with Gasteiger partial charge in [-0.2, -0.15) is 0 Å². The van der Waals surface area contributed by atoms with Crippen molar-refractivity contribution in [3.8, 4) is 0 Å². The summed E-state index contributed by atoms with van der Waals surface area (Å²) in [6, 6.07) is -0.789. The molecular weight excluding hydrogens is 170 g/mol. The molecule has 0 aliphatic carbocycles. The highest BCUT2D eigenvalue weighted by Gasteiger charge is 2.15. The Hall–Kier alpha value is -1.32. The van der Waals surface area contributed by atoms with E-state index in [9.17, 15) is 9.59 Å². The Morgan fingerprint density at radius 1 is 1.46 bits per heavy atom. The number of carboxylic acids is 1. The van der Waals surface area contributed by atoms with Gasteiger partial charge in [-0.05, 0) is 20.3 Å². The van der Waals surface area contributed by atoms with Gasteiger partial charge in [0.1, 0.15) is 6.04 Å². The second kappa shape index (κ2) is 5.35. The van der Waals surface area contributed by atoms with Gasteiger partial charge in [0.25, 0.3) is 0 Å². The number of carboxylic acid groups (broad SMARTS) is 1. The van der Waals surface area contributed by atoms with E-state index >= 15 is 0 Å². The van der Waals surface area contributed by atoms with Crippen LogP contribution < -0.4 is 5.32 Å². The summed E-state index contributed by atoms with van der Waals surface area (Å²) in [7, 11) is 0. The molecular formula is C9H15NO3. The van der Waals surface area contributed by atoms with Gasteiger partial charge in [-0.3, -0.25) is 4.79 Å². The number of hydrogen-bond donors (Lipinski definition) is 2. The molecule has 0 heterocycles. The number of aliphatic carboxylic acids is 1. The molecule has 74 valence electrons. The Morgan fingerprint density at radius 2 is 2.00 bits per heavy atom. The zero-order valence-electron chi connectivity index (χ0n) is 8.13. The SMILES string of the molecule is CC[C@H](NC(=O)C=C(C)C)C(=O)O. The summed E-state index contributed by atoms with van der Waals surface area (Å²) in [5.41, 5.74) is 0.845. The Labute approximate surface area is 77.6 Å². The maximum absolute atomic E-state index is 11.1. The van der Waals surface area contributed by atoms with Crippen molar-refractivity contribution in [3.63, 3.8) is 0 Å². The number of amides is 1. The van der Waals surface area contributed by atoms with E-state index in [0.29, 0.717) is 6.42 Å². The molecule has 0 unspecified atom stereocenters. The summed E-state index contributed by atoms with van der Waals surface area (Å²) in [5.74, 6) is -1.35. The summed E-state index contributed by atoms with van der Waals surface area (Å²) in [6.45, 7) is 5.27. The van der Waals surface area contributed by atoms with Gasteiger partial charge in [-0.1, -0.05) is 12.5 Å². The molecule has 0 spiro atoms. The highest BCUT2D eigenvalue weighted by molar-refractivity contribution is 5.91. The molecule has 0 radical (unpaired) electrons. The monoisotopic (exact) mass is 185 g/mol. The van der Waals surface area contributed by atoms with Crippen LogP contribution in [0.1, 0.15) is 27.2 Å². The lowest BCUT2D eigenvalue weighted by Crippen LogP contribution is -2.39. The van der Waals surface area contributed by atoms with Crippen LogP contribution in [0.3, 0.4) is 0 Å². The van der Waals surface area contributed by atoms with E-state index in [2.05, 4.69) is 5.32 Å². The van der Waals surface area contributed by atoms with E-state index in [4.69, 9.17) is 5.11 Å². The molecule has 13 heavy (non-hydrogen) atoms. The first-order chi connectivity index (χ1) is 5.97. The average Bonchev–Trinajstić information content (AvgIpc) is 1.98. The Kier molecular flexibility index (Phi) is 4.80. The van der Waals surface area contributed by atoms with E-state index in [1.165, 1.54) is 6.08 Å². The van der Waals surface area contributed by atoms with Crippen LogP contribution in [-0.4, -0.2) is 23.0 Å². The second-order valence-corrected chi connectivity index (χ2v) is 3.03. The fraction of sp³-hybridized carbons (Fsp3) is 0.556. The molecule has 0 aliphatic heterocycles. The van der Waals surface area contributed by atoms with Gasteiger partial charge in [-0.25, -0.2) is 4.79 Å². The standard InChI is InChI=1S/C9H15NO3/c1-4-7(9(12)13)10-8(11)5-6(2)3/h5,7H,4H2,1-3H3,(H,10,11)(H,12,13)/t7-/m0/s1. The van der Waals surface area contributed by atoms with E-state index in [1.807, 2.05) is 0 Å². The lowest BCUT2D eigenvalue weighted by Gasteiger charge is -2.09. The predicted molar refractivity (Wildman–Crippen MR) is 49.3 cm³/mol. The molecule has 0 aromatic heterocycles. The first-order valence-corrected chi connectivity index (χ1v) is 4.15. The predicted octanol–water partition coefficient (Wildman–Crippen LogP) is 0.932. The van der Waals surface area contributed by atoms with E-state index in [1.54, 1.807) is 20.8 Å². The lowest BCUT2D eigenvalue weighted by atomic mass is 10.2. The van der Waals surface area contributed by atoms with Crippen molar-refractivity contribution in [3.05, 3.63) is 11.6 Å². The maximum Gasteiger partial charge on any atom is 0.326 e. The summed E-state index contributed by atoms with van der Waals surface area (Å²) in [5, 5.41) is 11.0. The number of hydrogen-bond acceptors (Lipinski definition) is 2. The molecule has 0 aromatic carbocycles. The van der Waals surface area contributed by atoms with Gasteiger partial charge in [0.2, 0.25) is 5.91 Å². The fourth-order valence-electron chi connectivity index (χ4n) is 0.814. The van der Waals surface area contributed by atoms with E-state index < -0.39 is 12.0 Å². The zero-order valence-corrected chi connectivity index (χ0v) is 8.13. The molecule has 0 aromatic rings. The Balaban J connectivity index is 4.18. The van der Waals surface area contributed by atoms with Crippen LogP contribution in [0.25, 0.3) is 0 Å². The Bertz CT molecular complexity index is 229. The third kappa shape index (κ3) is 5.00. The highest BCUT2D eigenvalue weighted by Crippen LogP contribution is 1.93. The second-order valence-electron chi connectivity index (χ2n) is 3.03. The molecule has 0 fully saturated rings. The molecule has 4 heteroatoms. The maximum atomic E-state index is 11.1. The minimum Gasteiger partial charge on any atom is -0.480 e. The topological polar surface area (TPSA) is 66.4 Å². The van der Waals surface area contributed by atoms with Crippen LogP contribution in [0.2, 0.25) is 0 Å². The van der Waals surface area contributed by atoms with Crippen LogP contribution in [0, 0.1) is 0 Å². The highest BCUT2D eigenvalue weighted by atomic mass is 16.4. The van der Waals surface area contributed by atoms with Gasteiger partial charge < -0.3 is 10.4 Å². The first-order valence-electron chi connectivity index (χ1n) is 4.15. The molecule has 0 rings (SSSR count). The fourth-order valence-corrected chi connectivity index (χ4v) is 0.814. The molecule has 0 bridgehead atoms. The van der Waals surface area contributed by atoms with Crippen LogP contribution in [0.15, 0.2) is 11.6 Å².